The highest BCUT2D eigenvalue weighted by atomic mass is 35.5. The van der Waals surface area contributed by atoms with Crippen molar-refractivity contribution in [2.24, 2.45) is 0 Å². The molecule has 1 N–H and O–H groups in total. The van der Waals surface area contributed by atoms with Crippen LogP contribution in [0, 0.1) is 5.82 Å². The normalized spacial score (nSPS) is 11.0. The van der Waals surface area contributed by atoms with Crippen LogP contribution in [0.1, 0.15) is 18.9 Å². The maximum absolute atomic E-state index is 14.5. The SMILES string of the molecule is CCCc1ccc(-c2ccc(-c3[nH]ncc3-c3ccc(Cl)cc3)cc2)c(F)c1. The molecule has 0 aliphatic carbocycles. The van der Waals surface area contributed by atoms with Crippen LogP contribution >= 0.6 is 11.6 Å². The average molecular weight is 391 g/mol. The number of hydrogen-bond donors (Lipinski definition) is 1. The molecule has 140 valence electrons. The van der Waals surface area contributed by atoms with Crippen LogP contribution in [-0.4, -0.2) is 10.2 Å². The van der Waals surface area contributed by atoms with E-state index in [0.29, 0.717) is 10.6 Å². The van der Waals surface area contributed by atoms with Crippen molar-refractivity contribution in [2.75, 3.05) is 0 Å². The van der Waals surface area contributed by atoms with Crippen LogP contribution in [0.5, 0.6) is 0 Å². The summed E-state index contributed by atoms with van der Waals surface area (Å²) in [5, 5.41) is 7.97. The molecule has 0 saturated heterocycles. The van der Waals surface area contributed by atoms with Gasteiger partial charge in [0.1, 0.15) is 5.82 Å². The number of aryl methyl sites for hydroxylation is 1. The van der Waals surface area contributed by atoms with E-state index in [1.807, 2.05) is 60.7 Å². The minimum Gasteiger partial charge on any atom is -0.277 e. The number of halogens is 2. The van der Waals surface area contributed by atoms with Crippen LogP contribution in [0.3, 0.4) is 0 Å². The zero-order chi connectivity index (χ0) is 19.5. The smallest absolute Gasteiger partial charge is 0.131 e. The first-order valence-electron chi connectivity index (χ1n) is 9.34. The van der Waals surface area contributed by atoms with Crippen molar-refractivity contribution in [2.45, 2.75) is 19.8 Å². The van der Waals surface area contributed by atoms with Crippen LogP contribution in [0.4, 0.5) is 4.39 Å². The Kier molecular flexibility index (Phi) is 5.27. The molecular formula is C24H20ClFN2. The highest BCUT2D eigenvalue weighted by Crippen LogP contribution is 2.32. The molecule has 1 aromatic heterocycles. The summed E-state index contributed by atoms with van der Waals surface area (Å²) in [7, 11) is 0. The molecule has 3 aromatic carbocycles. The molecule has 0 atom stereocenters. The molecule has 0 unspecified atom stereocenters. The fourth-order valence-corrected chi connectivity index (χ4v) is 3.53. The third kappa shape index (κ3) is 3.71. The molecule has 0 spiro atoms. The van der Waals surface area contributed by atoms with Crippen molar-refractivity contribution >= 4 is 11.6 Å². The van der Waals surface area contributed by atoms with Crippen molar-refractivity contribution in [1.82, 2.24) is 10.2 Å². The van der Waals surface area contributed by atoms with Crippen molar-refractivity contribution in [1.29, 1.82) is 0 Å². The predicted molar refractivity (Wildman–Crippen MR) is 114 cm³/mol. The Labute approximate surface area is 169 Å². The topological polar surface area (TPSA) is 28.7 Å². The molecule has 0 bridgehead atoms. The molecule has 0 aliphatic heterocycles. The molecule has 0 saturated carbocycles. The lowest BCUT2D eigenvalue weighted by molar-refractivity contribution is 0.628. The Morgan fingerprint density at radius 1 is 0.857 bits per heavy atom. The van der Waals surface area contributed by atoms with Crippen LogP contribution in [0.2, 0.25) is 5.02 Å². The summed E-state index contributed by atoms with van der Waals surface area (Å²) >= 11 is 5.99. The minimum atomic E-state index is -0.179. The van der Waals surface area contributed by atoms with Gasteiger partial charge in [-0.2, -0.15) is 5.10 Å². The quantitative estimate of drug-likeness (QED) is 0.385. The summed E-state index contributed by atoms with van der Waals surface area (Å²) in [4.78, 5) is 0. The number of H-pyrrole nitrogens is 1. The monoisotopic (exact) mass is 390 g/mol. The number of nitrogens with one attached hydrogen (secondary N) is 1. The van der Waals surface area contributed by atoms with Crippen LogP contribution in [0.25, 0.3) is 33.5 Å². The van der Waals surface area contributed by atoms with Crippen LogP contribution < -0.4 is 0 Å². The first-order chi connectivity index (χ1) is 13.7. The first-order valence-corrected chi connectivity index (χ1v) is 9.72. The maximum Gasteiger partial charge on any atom is 0.131 e. The zero-order valence-corrected chi connectivity index (χ0v) is 16.3. The van der Waals surface area contributed by atoms with Gasteiger partial charge in [0, 0.05) is 21.7 Å². The molecule has 2 nitrogen and oxygen atoms in total. The Morgan fingerprint density at radius 2 is 1.50 bits per heavy atom. The lowest BCUT2D eigenvalue weighted by Crippen LogP contribution is -1.90. The summed E-state index contributed by atoms with van der Waals surface area (Å²) in [5.74, 6) is -0.179. The van der Waals surface area contributed by atoms with E-state index in [1.54, 1.807) is 12.3 Å². The van der Waals surface area contributed by atoms with E-state index < -0.39 is 0 Å². The van der Waals surface area contributed by atoms with Gasteiger partial charge in [-0.3, -0.25) is 5.10 Å². The minimum absolute atomic E-state index is 0.179. The summed E-state index contributed by atoms with van der Waals surface area (Å²) < 4.78 is 14.5. The standard InChI is InChI=1S/C24H20ClFN2/c1-2-3-16-4-13-21(23(26)14-16)17-5-7-19(8-6-17)24-22(15-27-28-24)18-9-11-20(25)12-10-18/h4-15H,2-3H2,1H3,(H,27,28). The lowest BCUT2D eigenvalue weighted by atomic mass is 9.98. The molecular weight excluding hydrogens is 371 g/mol. The van der Waals surface area contributed by atoms with E-state index in [1.165, 1.54) is 0 Å². The van der Waals surface area contributed by atoms with E-state index >= 15 is 0 Å². The van der Waals surface area contributed by atoms with E-state index in [2.05, 4.69) is 17.1 Å². The highest BCUT2D eigenvalue weighted by Gasteiger charge is 2.11. The molecule has 0 amide bonds. The van der Waals surface area contributed by atoms with Gasteiger partial charge in [-0.05, 0) is 41.3 Å². The molecule has 28 heavy (non-hydrogen) atoms. The second-order valence-corrected chi connectivity index (χ2v) is 7.24. The van der Waals surface area contributed by atoms with Crippen molar-refractivity contribution < 1.29 is 4.39 Å². The molecule has 1 heterocycles. The van der Waals surface area contributed by atoms with Gasteiger partial charge in [0.15, 0.2) is 0 Å². The highest BCUT2D eigenvalue weighted by molar-refractivity contribution is 6.30. The van der Waals surface area contributed by atoms with Crippen molar-refractivity contribution in [3.63, 3.8) is 0 Å². The predicted octanol–water partition coefficient (Wildman–Crippen LogP) is 7.16. The van der Waals surface area contributed by atoms with Gasteiger partial charge >= 0.3 is 0 Å². The number of hydrogen-bond acceptors (Lipinski definition) is 1. The van der Waals surface area contributed by atoms with Crippen LogP contribution in [0.15, 0.2) is 72.9 Å². The Bertz CT molecular complexity index is 1080. The second kappa shape index (κ2) is 7.99. The Hall–Kier alpha value is -2.91. The Morgan fingerprint density at radius 3 is 2.18 bits per heavy atom. The number of aromatic nitrogens is 2. The molecule has 4 heteroatoms. The summed E-state index contributed by atoms with van der Waals surface area (Å²) in [6.07, 6.45) is 3.70. The molecule has 4 aromatic rings. The summed E-state index contributed by atoms with van der Waals surface area (Å²) in [6, 6.07) is 21.0. The molecule has 4 rings (SSSR count). The van der Waals surface area contributed by atoms with Gasteiger partial charge in [-0.1, -0.05) is 73.5 Å². The van der Waals surface area contributed by atoms with Gasteiger partial charge < -0.3 is 0 Å². The van der Waals surface area contributed by atoms with Gasteiger partial charge in [-0.25, -0.2) is 4.39 Å². The fourth-order valence-electron chi connectivity index (χ4n) is 3.41. The van der Waals surface area contributed by atoms with E-state index in [-0.39, 0.29) is 5.82 Å². The number of nitrogens with zero attached hydrogens (tertiary/aromatic N) is 1. The molecule has 0 aliphatic rings. The molecule has 0 radical (unpaired) electrons. The molecule has 0 fully saturated rings. The van der Waals surface area contributed by atoms with Gasteiger partial charge in [0.25, 0.3) is 0 Å². The van der Waals surface area contributed by atoms with E-state index in [0.717, 1.165) is 46.4 Å². The summed E-state index contributed by atoms with van der Waals surface area (Å²) in [5.41, 5.74) is 6.47. The van der Waals surface area contributed by atoms with Crippen molar-refractivity contribution in [3.05, 3.63) is 89.3 Å². The average Bonchev–Trinajstić information content (AvgIpc) is 3.19. The van der Waals surface area contributed by atoms with E-state index in [4.69, 9.17) is 11.6 Å². The van der Waals surface area contributed by atoms with Gasteiger partial charge in [-0.15, -0.1) is 0 Å². The number of benzene rings is 3. The number of aromatic amines is 1. The largest absolute Gasteiger partial charge is 0.277 e. The Balaban J connectivity index is 1.65. The van der Waals surface area contributed by atoms with Gasteiger partial charge in [0.2, 0.25) is 0 Å². The maximum atomic E-state index is 14.5. The van der Waals surface area contributed by atoms with Crippen LogP contribution in [-0.2, 0) is 6.42 Å². The fraction of sp³-hybridized carbons (Fsp3) is 0.125. The third-order valence-corrected chi connectivity index (χ3v) is 5.10. The summed E-state index contributed by atoms with van der Waals surface area (Å²) in [6.45, 7) is 2.10. The lowest BCUT2D eigenvalue weighted by Gasteiger charge is -2.08. The van der Waals surface area contributed by atoms with Gasteiger partial charge in [0.05, 0.1) is 11.9 Å². The third-order valence-electron chi connectivity index (χ3n) is 4.85. The zero-order valence-electron chi connectivity index (χ0n) is 15.5. The van der Waals surface area contributed by atoms with E-state index in [9.17, 15) is 4.39 Å². The number of rotatable bonds is 5. The van der Waals surface area contributed by atoms with Crippen molar-refractivity contribution in [3.8, 4) is 33.5 Å². The first kappa shape index (κ1) is 18.5. The second-order valence-electron chi connectivity index (χ2n) is 6.81.